The third-order valence-electron chi connectivity index (χ3n) is 9.07. The first-order valence-corrected chi connectivity index (χ1v) is 15.8. The molecule has 1 saturated carbocycles. The summed E-state index contributed by atoms with van der Waals surface area (Å²) in [4.78, 5) is 27.0. The van der Waals surface area contributed by atoms with Gasteiger partial charge in [-0.3, -0.25) is 0 Å². The minimum atomic E-state index is -0.718. The van der Waals surface area contributed by atoms with Gasteiger partial charge in [-0.05, 0) is 49.3 Å². The van der Waals surface area contributed by atoms with Gasteiger partial charge in [0, 0.05) is 36.5 Å². The summed E-state index contributed by atoms with van der Waals surface area (Å²) in [7, 11) is 1.33. The van der Waals surface area contributed by atoms with Crippen molar-refractivity contribution in [2.45, 2.75) is 89.1 Å². The van der Waals surface area contributed by atoms with Crippen LogP contribution >= 0.6 is 11.6 Å². The molecule has 2 heterocycles. The van der Waals surface area contributed by atoms with Crippen LogP contribution in [0.1, 0.15) is 76.4 Å². The molecule has 3 amide bonds. The number of hydrogen-bond donors (Lipinski definition) is 3. The third-order valence-corrected chi connectivity index (χ3v) is 9.30. The molecule has 4 rings (SSSR count). The maximum Gasteiger partial charge on any atom is 0.406 e. The van der Waals surface area contributed by atoms with Crippen molar-refractivity contribution in [1.82, 2.24) is 15.5 Å². The molecule has 0 spiro atoms. The Morgan fingerprint density at radius 2 is 2.00 bits per heavy atom. The summed E-state index contributed by atoms with van der Waals surface area (Å²) in [6.07, 6.45) is 7.74. The Bertz CT molecular complexity index is 975. The van der Waals surface area contributed by atoms with E-state index in [1.807, 2.05) is 29.2 Å². The summed E-state index contributed by atoms with van der Waals surface area (Å²) >= 11 is 6.32. The van der Waals surface area contributed by atoms with Crippen LogP contribution in [-0.2, 0) is 14.2 Å². The number of carbonyl (C=O) groups is 2. The zero-order valence-electron chi connectivity index (χ0n) is 24.6. The van der Waals surface area contributed by atoms with E-state index in [-0.39, 0.29) is 30.2 Å². The number of halogens is 1. The minimum absolute atomic E-state index is 0.0484. The molecular formula is C31H48ClN3O6. The van der Waals surface area contributed by atoms with E-state index in [9.17, 15) is 14.7 Å². The molecule has 0 bridgehead atoms. The summed E-state index contributed by atoms with van der Waals surface area (Å²) < 4.78 is 16.7. The molecule has 9 nitrogen and oxygen atoms in total. The zero-order valence-corrected chi connectivity index (χ0v) is 25.3. The highest BCUT2D eigenvalue weighted by Gasteiger charge is 2.42. The fourth-order valence-electron chi connectivity index (χ4n) is 6.66. The molecule has 1 aromatic carbocycles. The first-order valence-electron chi connectivity index (χ1n) is 15.4. The SMILES string of the molecule is CC[C@H]1COC1[C@H](O)[C@H](CC1CCCCC1)NC(=O)N1CCC[C@@H]([C@@H](OCCNC(=O)OC)c2cccc(Cl)c2)C1. The smallest absolute Gasteiger partial charge is 0.406 e. The van der Waals surface area contributed by atoms with E-state index in [1.54, 1.807) is 0 Å². The van der Waals surface area contributed by atoms with Gasteiger partial charge >= 0.3 is 12.1 Å². The van der Waals surface area contributed by atoms with Crippen LogP contribution in [0.4, 0.5) is 9.59 Å². The van der Waals surface area contributed by atoms with Gasteiger partial charge in [-0.15, -0.1) is 0 Å². The molecular weight excluding hydrogens is 546 g/mol. The number of methoxy groups -OCH3 is 1. The second-order valence-corrected chi connectivity index (χ2v) is 12.3. The second-order valence-electron chi connectivity index (χ2n) is 11.9. The highest BCUT2D eigenvalue weighted by atomic mass is 35.5. The van der Waals surface area contributed by atoms with Crippen LogP contribution in [0.15, 0.2) is 24.3 Å². The monoisotopic (exact) mass is 593 g/mol. The average Bonchev–Trinajstić information content (AvgIpc) is 2.97. The van der Waals surface area contributed by atoms with Crippen molar-refractivity contribution in [2.75, 3.05) is 40.0 Å². The Kier molecular flexibility index (Phi) is 12.4. The number of nitrogens with zero attached hydrogens (tertiary/aromatic N) is 1. The lowest BCUT2D eigenvalue weighted by Gasteiger charge is -2.44. The standard InChI is InChI=1S/C31H48ClN3O6/c1-3-22-20-41-29(22)27(36)26(17-21-9-5-4-6-10-21)34-30(37)35-15-8-12-24(19-35)28(23-11-7-13-25(32)18-23)40-16-14-33-31(38)39-2/h7,11,13,18,21-22,24,26-29,36H,3-6,8-10,12,14-17,19-20H2,1-2H3,(H,33,38)(H,34,37)/t22-,24+,26-,27+,28-,29?/m0/s1. The molecule has 0 radical (unpaired) electrons. The molecule has 3 aliphatic rings. The number of rotatable bonds is 12. The highest BCUT2D eigenvalue weighted by Crippen LogP contribution is 2.35. The van der Waals surface area contributed by atoms with Crippen LogP contribution < -0.4 is 10.6 Å². The fraction of sp³-hybridized carbons (Fsp3) is 0.742. The van der Waals surface area contributed by atoms with Crippen LogP contribution in [0.25, 0.3) is 0 Å². The predicted molar refractivity (Wildman–Crippen MR) is 158 cm³/mol. The average molecular weight is 594 g/mol. The van der Waals surface area contributed by atoms with Gasteiger partial charge in [0.1, 0.15) is 6.10 Å². The molecule has 10 heteroatoms. The van der Waals surface area contributed by atoms with Crippen molar-refractivity contribution in [3.05, 3.63) is 34.9 Å². The van der Waals surface area contributed by atoms with Crippen LogP contribution in [-0.4, -0.2) is 80.3 Å². The summed E-state index contributed by atoms with van der Waals surface area (Å²) in [5.74, 6) is 0.892. The normalized spacial score (nSPS) is 25.5. The quantitative estimate of drug-likeness (QED) is 0.284. The number of likely N-dealkylation sites (tertiary alicyclic amines) is 1. The molecule has 1 aliphatic carbocycles. The molecule has 3 fully saturated rings. The maximum absolute atomic E-state index is 13.7. The number of alkyl carbamates (subject to hydrolysis) is 1. The molecule has 2 saturated heterocycles. The number of aliphatic hydroxyl groups excluding tert-OH is 1. The van der Waals surface area contributed by atoms with Crippen molar-refractivity contribution in [3.63, 3.8) is 0 Å². The zero-order chi connectivity index (χ0) is 29.2. The van der Waals surface area contributed by atoms with Gasteiger partial charge in [0.05, 0.1) is 38.6 Å². The van der Waals surface area contributed by atoms with Crippen LogP contribution in [0, 0.1) is 17.8 Å². The van der Waals surface area contributed by atoms with Crippen molar-refractivity contribution >= 4 is 23.7 Å². The van der Waals surface area contributed by atoms with E-state index in [1.165, 1.54) is 26.4 Å². The van der Waals surface area contributed by atoms with Gasteiger partial charge in [-0.1, -0.05) is 62.8 Å². The molecule has 1 aromatic rings. The number of hydrogen-bond acceptors (Lipinski definition) is 6. The number of piperidine rings is 1. The summed E-state index contributed by atoms with van der Waals surface area (Å²) in [5, 5.41) is 17.9. The number of benzene rings is 1. The molecule has 0 aromatic heterocycles. The third kappa shape index (κ3) is 8.96. The predicted octanol–water partition coefficient (Wildman–Crippen LogP) is 5.30. The first kappa shape index (κ1) is 31.9. The summed E-state index contributed by atoms with van der Waals surface area (Å²) in [5.41, 5.74) is 0.946. The maximum atomic E-state index is 13.7. The lowest BCUT2D eigenvalue weighted by Crippen LogP contribution is -2.59. The summed E-state index contributed by atoms with van der Waals surface area (Å²) in [6.45, 7) is 4.58. The molecule has 230 valence electrons. The van der Waals surface area contributed by atoms with Gasteiger partial charge in [0.25, 0.3) is 0 Å². The number of urea groups is 1. The molecule has 1 unspecified atom stereocenters. The van der Waals surface area contributed by atoms with E-state index in [0.717, 1.165) is 44.1 Å². The number of aliphatic hydroxyl groups is 1. The Balaban J connectivity index is 1.42. The molecule has 6 atom stereocenters. The minimum Gasteiger partial charge on any atom is -0.453 e. The molecule has 41 heavy (non-hydrogen) atoms. The first-order chi connectivity index (χ1) is 19.9. The van der Waals surface area contributed by atoms with Gasteiger partial charge < -0.3 is 34.9 Å². The van der Waals surface area contributed by atoms with Crippen molar-refractivity contribution in [3.8, 4) is 0 Å². The van der Waals surface area contributed by atoms with E-state index < -0.39 is 12.2 Å². The van der Waals surface area contributed by atoms with E-state index in [4.69, 9.17) is 21.1 Å². The lowest BCUT2D eigenvalue weighted by molar-refractivity contribution is -0.175. The number of amides is 3. The van der Waals surface area contributed by atoms with Crippen molar-refractivity contribution < 1.29 is 28.9 Å². The van der Waals surface area contributed by atoms with Crippen LogP contribution in [0.5, 0.6) is 0 Å². The van der Waals surface area contributed by atoms with E-state index >= 15 is 0 Å². The van der Waals surface area contributed by atoms with Crippen molar-refractivity contribution in [2.24, 2.45) is 17.8 Å². The lowest BCUT2D eigenvalue weighted by atomic mass is 9.80. The molecule has 2 aliphatic heterocycles. The number of carbonyl (C=O) groups excluding carboxylic acids is 2. The van der Waals surface area contributed by atoms with Gasteiger partial charge in [-0.25, -0.2) is 9.59 Å². The van der Waals surface area contributed by atoms with Crippen LogP contribution in [0.2, 0.25) is 5.02 Å². The Morgan fingerprint density at radius 1 is 1.20 bits per heavy atom. The van der Waals surface area contributed by atoms with Gasteiger partial charge in [0.2, 0.25) is 0 Å². The van der Waals surface area contributed by atoms with Gasteiger partial charge in [0.15, 0.2) is 0 Å². The van der Waals surface area contributed by atoms with E-state index in [0.29, 0.717) is 49.7 Å². The Morgan fingerprint density at radius 3 is 2.68 bits per heavy atom. The highest BCUT2D eigenvalue weighted by molar-refractivity contribution is 6.30. The van der Waals surface area contributed by atoms with Crippen LogP contribution in [0.3, 0.4) is 0 Å². The van der Waals surface area contributed by atoms with Gasteiger partial charge in [-0.2, -0.15) is 0 Å². The van der Waals surface area contributed by atoms with Crippen molar-refractivity contribution in [1.29, 1.82) is 0 Å². The second kappa shape index (κ2) is 16.0. The van der Waals surface area contributed by atoms with E-state index in [2.05, 4.69) is 22.3 Å². The summed E-state index contributed by atoms with van der Waals surface area (Å²) in [6, 6.07) is 7.14. The Labute approximate surface area is 249 Å². The topological polar surface area (TPSA) is 109 Å². The molecule has 3 N–H and O–H groups in total. The number of ether oxygens (including phenoxy) is 3. The number of nitrogens with one attached hydrogen (secondary N) is 2. The Hall–Kier alpha value is -2.07. The largest absolute Gasteiger partial charge is 0.453 e. The fourth-order valence-corrected chi connectivity index (χ4v) is 6.86.